The highest BCUT2D eigenvalue weighted by Gasteiger charge is 2.24. The Bertz CT molecular complexity index is 1120. The molecule has 0 bridgehead atoms. The summed E-state index contributed by atoms with van der Waals surface area (Å²) in [6, 6.07) is 8.61. The van der Waals surface area contributed by atoms with Crippen molar-refractivity contribution in [1.82, 2.24) is 13.9 Å². The van der Waals surface area contributed by atoms with Crippen LogP contribution in [0, 0.1) is 0 Å². The molecule has 0 saturated heterocycles. The van der Waals surface area contributed by atoms with Gasteiger partial charge in [0, 0.05) is 32.1 Å². The molecule has 4 rings (SSSR count). The molecule has 7 nitrogen and oxygen atoms in total. The molecule has 148 valence electrons. The van der Waals surface area contributed by atoms with Gasteiger partial charge in [-0.1, -0.05) is 0 Å². The number of benzene rings is 1. The molecule has 0 unspecified atom stereocenters. The van der Waals surface area contributed by atoms with Gasteiger partial charge in [-0.3, -0.25) is 4.98 Å². The molecule has 0 atom stereocenters. The van der Waals surface area contributed by atoms with E-state index in [0.29, 0.717) is 17.9 Å². The van der Waals surface area contributed by atoms with Crippen molar-refractivity contribution in [3.05, 3.63) is 48.3 Å². The lowest BCUT2D eigenvalue weighted by Crippen LogP contribution is -2.29. The van der Waals surface area contributed by atoms with Crippen LogP contribution in [0.1, 0.15) is 5.56 Å². The van der Waals surface area contributed by atoms with Gasteiger partial charge in [0.25, 0.3) is 10.0 Å². The molecule has 0 N–H and O–H groups in total. The number of pyridine rings is 1. The smallest absolute Gasteiger partial charge is 0.268 e. The minimum Gasteiger partial charge on any atom is -0.490 e. The van der Waals surface area contributed by atoms with E-state index < -0.39 is 10.0 Å². The fourth-order valence-corrected chi connectivity index (χ4v) is 4.83. The zero-order valence-corrected chi connectivity index (χ0v) is 17.1. The molecular weight excluding hydrogens is 376 g/mol. The monoisotopic (exact) mass is 400 g/mol. The fraction of sp³-hybridized carbons (Fsp3) is 0.350. The van der Waals surface area contributed by atoms with Crippen molar-refractivity contribution >= 4 is 26.7 Å². The number of rotatable bonds is 5. The van der Waals surface area contributed by atoms with Crippen molar-refractivity contribution < 1.29 is 13.2 Å². The summed E-state index contributed by atoms with van der Waals surface area (Å²) in [7, 11) is 2.19. The molecule has 1 aliphatic heterocycles. The molecule has 0 fully saturated rings. The third kappa shape index (κ3) is 3.22. The largest absolute Gasteiger partial charge is 0.490 e. The van der Waals surface area contributed by atoms with Crippen LogP contribution >= 0.6 is 0 Å². The Hall–Kier alpha value is -2.58. The Kier molecular flexibility index (Phi) is 4.76. The van der Waals surface area contributed by atoms with E-state index in [9.17, 15) is 8.42 Å². The lowest BCUT2D eigenvalue weighted by atomic mass is 10.2. The number of likely N-dealkylation sites (N-methyl/N-ethyl adjacent to an activating group) is 2. The highest BCUT2D eigenvalue weighted by molar-refractivity contribution is 7.90. The van der Waals surface area contributed by atoms with Gasteiger partial charge in [0.05, 0.1) is 28.2 Å². The summed E-state index contributed by atoms with van der Waals surface area (Å²) in [5, 5.41) is 0. The molecule has 0 spiro atoms. The summed E-state index contributed by atoms with van der Waals surface area (Å²) in [5.74, 6) is 0.595. The summed E-state index contributed by atoms with van der Waals surface area (Å²) in [4.78, 5) is 8.77. The van der Waals surface area contributed by atoms with Crippen LogP contribution in [0.4, 0.5) is 5.69 Å². The fourth-order valence-electron chi connectivity index (χ4n) is 3.43. The van der Waals surface area contributed by atoms with Gasteiger partial charge in [-0.05, 0) is 50.3 Å². The van der Waals surface area contributed by atoms with Crippen LogP contribution in [0.2, 0.25) is 0 Å². The van der Waals surface area contributed by atoms with Crippen molar-refractivity contribution in [2.24, 2.45) is 0 Å². The number of aromatic nitrogens is 2. The van der Waals surface area contributed by atoms with Gasteiger partial charge in [-0.25, -0.2) is 12.4 Å². The summed E-state index contributed by atoms with van der Waals surface area (Å²) in [6.45, 7) is 2.13. The summed E-state index contributed by atoms with van der Waals surface area (Å²) in [5.41, 5.74) is 3.13. The van der Waals surface area contributed by atoms with E-state index >= 15 is 0 Å². The van der Waals surface area contributed by atoms with E-state index in [0.717, 1.165) is 36.3 Å². The Morgan fingerprint density at radius 3 is 2.86 bits per heavy atom. The van der Waals surface area contributed by atoms with E-state index in [1.54, 1.807) is 42.7 Å². The SMILES string of the molecule is CN(C)CCc1cn(S(=O)(=O)c2ccc3c(c2)OCCN3C)c2cccnc12. The first-order chi connectivity index (χ1) is 13.4. The van der Waals surface area contributed by atoms with Crippen molar-refractivity contribution in [2.75, 3.05) is 45.7 Å². The number of hydrogen-bond donors (Lipinski definition) is 0. The lowest BCUT2D eigenvalue weighted by Gasteiger charge is -2.27. The van der Waals surface area contributed by atoms with E-state index in [4.69, 9.17) is 4.74 Å². The van der Waals surface area contributed by atoms with Crippen molar-refractivity contribution in [3.8, 4) is 5.75 Å². The van der Waals surface area contributed by atoms with E-state index in [-0.39, 0.29) is 4.90 Å². The van der Waals surface area contributed by atoms with Gasteiger partial charge in [-0.15, -0.1) is 0 Å². The quantitative estimate of drug-likeness (QED) is 0.654. The number of fused-ring (bicyclic) bond motifs is 2. The third-order valence-corrected chi connectivity index (χ3v) is 6.68. The molecule has 0 amide bonds. The zero-order valence-electron chi connectivity index (χ0n) is 16.3. The Morgan fingerprint density at radius 1 is 1.25 bits per heavy atom. The van der Waals surface area contributed by atoms with Crippen LogP contribution in [0.25, 0.3) is 11.0 Å². The molecule has 1 aliphatic rings. The molecule has 3 aromatic rings. The maximum Gasteiger partial charge on any atom is 0.268 e. The predicted molar refractivity (Wildman–Crippen MR) is 110 cm³/mol. The van der Waals surface area contributed by atoms with Crippen molar-refractivity contribution in [3.63, 3.8) is 0 Å². The first kappa shape index (κ1) is 18.8. The van der Waals surface area contributed by atoms with Gasteiger partial charge in [0.1, 0.15) is 12.4 Å². The van der Waals surface area contributed by atoms with Crippen LogP contribution in [-0.4, -0.2) is 63.1 Å². The van der Waals surface area contributed by atoms with Gasteiger partial charge in [0.15, 0.2) is 0 Å². The second-order valence-corrected chi connectivity index (χ2v) is 9.09. The maximum absolute atomic E-state index is 13.4. The number of nitrogens with zero attached hydrogens (tertiary/aromatic N) is 4. The third-order valence-electron chi connectivity index (χ3n) is 5.01. The first-order valence-corrected chi connectivity index (χ1v) is 10.6. The highest BCUT2D eigenvalue weighted by atomic mass is 32.2. The molecule has 28 heavy (non-hydrogen) atoms. The molecule has 1 aromatic carbocycles. The molecule has 0 radical (unpaired) electrons. The normalized spacial score (nSPS) is 14.4. The first-order valence-electron chi connectivity index (χ1n) is 9.21. The standard InChI is InChI=1S/C20H24N4O3S/c1-22(2)10-8-15-14-24(18-5-4-9-21-20(15)18)28(25,26)16-6-7-17-19(13-16)27-12-11-23(17)3/h4-7,9,13-14H,8,10-12H2,1-3H3. The molecule has 0 saturated carbocycles. The maximum atomic E-state index is 13.4. The predicted octanol–water partition coefficient (Wildman–Crippen LogP) is 2.21. The van der Waals surface area contributed by atoms with Gasteiger partial charge >= 0.3 is 0 Å². The van der Waals surface area contributed by atoms with Crippen LogP contribution in [0.5, 0.6) is 5.75 Å². The second kappa shape index (κ2) is 7.10. The molecule has 8 heteroatoms. The topological polar surface area (TPSA) is 67.7 Å². The minimum absolute atomic E-state index is 0.210. The molecule has 3 heterocycles. The highest BCUT2D eigenvalue weighted by Crippen LogP contribution is 2.34. The van der Waals surface area contributed by atoms with E-state index in [2.05, 4.69) is 14.8 Å². The summed E-state index contributed by atoms with van der Waals surface area (Å²) >= 11 is 0. The number of anilines is 1. The van der Waals surface area contributed by atoms with Crippen LogP contribution < -0.4 is 9.64 Å². The average molecular weight is 401 g/mol. The van der Waals surface area contributed by atoms with Crippen molar-refractivity contribution in [2.45, 2.75) is 11.3 Å². The zero-order chi connectivity index (χ0) is 19.9. The number of hydrogen-bond acceptors (Lipinski definition) is 6. The van der Waals surface area contributed by atoms with Gasteiger partial charge < -0.3 is 14.5 Å². The molecular formula is C20H24N4O3S. The average Bonchev–Trinajstić information content (AvgIpc) is 3.06. The Balaban J connectivity index is 1.81. The van der Waals surface area contributed by atoms with Crippen molar-refractivity contribution in [1.29, 1.82) is 0 Å². The minimum atomic E-state index is -3.77. The second-order valence-electron chi connectivity index (χ2n) is 7.28. The van der Waals surface area contributed by atoms with Gasteiger partial charge in [0.2, 0.25) is 0 Å². The lowest BCUT2D eigenvalue weighted by molar-refractivity contribution is 0.310. The van der Waals surface area contributed by atoms with E-state index in [1.807, 2.05) is 21.1 Å². The summed E-state index contributed by atoms with van der Waals surface area (Å²) in [6.07, 6.45) is 4.12. The Morgan fingerprint density at radius 2 is 2.07 bits per heavy atom. The van der Waals surface area contributed by atoms with Crippen LogP contribution in [0.15, 0.2) is 47.6 Å². The Labute approximate surface area is 165 Å². The molecule has 2 aromatic heterocycles. The summed E-state index contributed by atoms with van der Waals surface area (Å²) < 4.78 is 33.9. The van der Waals surface area contributed by atoms with E-state index in [1.165, 1.54) is 3.97 Å². The van der Waals surface area contributed by atoms with Crippen LogP contribution in [0.3, 0.4) is 0 Å². The molecule has 0 aliphatic carbocycles. The van der Waals surface area contributed by atoms with Crippen LogP contribution in [-0.2, 0) is 16.4 Å². The number of ether oxygens (including phenoxy) is 1. The van der Waals surface area contributed by atoms with Gasteiger partial charge in [-0.2, -0.15) is 0 Å².